The molecule has 31 heavy (non-hydrogen) atoms. The smallest absolute Gasteiger partial charge is 0.328 e. The molecule has 0 saturated carbocycles. The number of aliphatic carboxylic acids is 1. The molecule has 0 aromatic heterocycles. The molecule has 0 heterocycles. The van der Waals surface area contributed by atoms with Crippen LogP contribution in [0.15, 0.2) is 0 Å². The molecule has 11 heteroatoms. The van der Waals surface area contributed by atoms with Gasteiger partial charge in [0.15, 0.2) is 0 Å². The molecule has 10 nitrogen and oxygen atoms in total. The summed E-state index contributed by atoms with van der Waals surface area (Å²) in [5, 5.41) is 25.8. The Morgan fingerprint density at radius 2 is 1.55 bits per heavy atom. The predicted octanol–water partition coefficient (Wildman–Crippen LogP) is -0.310. The van der Waals surface area contributed by atoms with E-state index in [1.807, 2.05) is 34.0 Å². The Morgan fingerprint density at radius 3 is 2.00 bits per heavy atom. The fourth-order valence-corrected chi connectivity index (χ4v) is 3.25. The minimum absolute atomic E-state index is 0.0186. The molecule has 3 amide bonds. The van der Waals surface area contributed by atoms with Crippen molar-refractivity contribution in [2.75, 3.05) is 18.6 Å². The summed E-state index contributed by atoms with van der Waals surface area (Å²) in [7, 11) is 0. The first-order valence-corrected chi connectivity index (χ1v) is 11.9. The van der Waals surface area contributed by atoms with E-state index in [2.05, 4.69) is 16.0 Å². The summed E-state index contributed by atoms with van der Waals surface area (Å²) < 4.78 is 0. The average molecular weight is 463 g/mol. The molecule has 0 aliphatic heterocycles. The molecule has 5 unspecified atom stereocenters. The van der Waals surface area contributed by atoms with Crippen molar-refractivity contribution in [3.8, 4) is 0 Å². The largest absolute Gasteiger partial charge is 0.480 e. The van der Waals surface area contributed by atoms with E-state index in [1.54, 1.807) is 11.8 Å². The van der Waals surface area contributed by atoms with E-state index in [-0.39, 0.29) is 18.3 Å². The van der Waals surface area contributed by atoms with Crippen LogP contribution in [0, 0.1) is 11.8 Å². The molecule has 0 bridgehead atoms. The highest BCUT2D eigenvalue weighted by atomic mass is 32.2. The normalized spacial score (nSPS) is 16.0. The number of carbonyl (C=O) groups excluding carboxylic acids is 3. The van der Waals surface area contributed by atoms with Crippen LogP contribution in [0.25, 0.3) is 0 Å². The molecule has 0 saturated heterocycles. The van der Waals surface area contributed by atoms with Crippen LogP contribution in [0.5, 0.6) is 0 Å². The third kappa shape index (κ3) is 10.8. The minimum Gasteiger partial charge on any atom is -0.480 e. The zero-order valence-electron chi connectivity index (χ0n) is 19.0. The van der Waals surface area contributed by atoms with Crippen LogP contribution in [0.3, 0.4) is 0 Å². The molecule has 0 aromatic rings. The van der Waals surface area contributed by atoms with Crippen molar-refractivity contribution in [1.82, 2.24) is 16.0 Å². The van der Waals surface area contributed by atoms with Crippen molar-refractivity contribution in [3.05, 3.63) is 0 Å². The van der Waals surface area contributed by atoms with Gasteiger partial charge in [0.25, 0.3) is 0 Å². The number of hydrogen-bond acceptors (Lipinski definition) is 7. The van der Waals surface area contributed by atoms with E-state index in [0.717, 1.165) is 0 Å². The van der Waals surface area contributed by atoms with Crippen molar-refractivity contribution >= 4 is 35.5 Å². The third-order valence-corrected chi connectivity index (χ3v) is 5.54. The van der Waals surface area contributed by atoms with Crippen molar-refractivity contribution in [1.29, 1.82) is 0 Å². The van der Waals surface area contributed by atoms with Crippen molar-refractivity contribution < 1.29 is 29.4 Å². The fourth-order valence-electron chi connectivity index (χ4n) is 2.76. The monoisotopic (exact) mass is 462 g/mol. The van der Waals surface area contributed by atoms with Gasteiger partial charge < -0.3 is 31.9 Å². The van der Waals surface area contributed by atoms with Crippen LogP contribution in [0.4, 0.5) is 0 Å². The van der Waals surface area contributed by atoms with Crippen LogP contribution in [0.1, 0.15) is 47.0 Å². The van der Waals surface area contributed by atoms with Gasteiger partial charge in [0.2, 0.25) is 17.7 Å². The zero-order chi connectivity index (χ0) is 24.1. The predicted molar refractivity (Wildman–Crippen MR) is 120 cm³/mol. The Morgan fingerprint density at radius 1 is 0.968 bits per heavy atom. The lowest BCUT2D eigenvalue weighted by Gasteiger charge is -2.28. The summed E-state index contributed by atoms with van der Waals surface area (Å²) in [5.74, 6) is -2.57. The second-order valence-electron chi connectivity index (χ2n) is 8.03. The van der Waals surface area contributed by atoms with Crippen molar-refractivity contribution in [2.24, 2.45) is 17.6 Å². The lowest BCUT2D eigenvalue weighted by Crippen LogP contribution is -2.59. The highest BCUT2D eigenvalue weighted by molar-refractivity contribution is 7.98. The Labute approximate surface area is 188 Å². The molecular formula is C20H38N4O6S. The second kappa shape index (κ2) is 15.0. The molecule has 0 rings (SSSR count). The number of nitrogens with two attached hydrogens (primary N) is 1. The molecule has 0 aromatic carbocycles. The molecule has 180 valence electrons. The van der Waals surface area contributed by atoms with Crippen LogP contribution in [-0.4, -0.2) is 76.7 Å². The van der Waals surface area contributed by atoms with Gasteiger partial charge in [0.1, 0.15) is 18.1 Å². The molecule has 5 atom stereocenters. The van der Waals surface area contributed by atoms with E-state index in [9.17, 15) is 19.2 Å². The summed E-state index contributed by atoms with van der Waals surface area (Å²) >= 11 is 1.57. The van der Waals surface area contributed by atoms with Gasteiger partial charge in [-0.3, -0.25) is 14.4 Å². The molecule has 0 radical (unpaired) electrons. The lowest BCUT2D eigenvalue weighted by atomic mass is 9.96. The van der Waals surface area contributed by atoms with Crippen molar-refractivity contribution in [3.63, 3.8) is 0 Å². The molecule has 0 spiro atoms. The standard InChI is InChI=1S/C20H38N4O6S/c1-6-12(4)16(24-17(26)13(21)7-8-31-5)19(28)22-14(9-11(2)3)18(27)23-15(10-25)20(29)30/h11-16,25H,6-10,21H2,1-5H3,(H,22,28)(H,23,27)(H,24,26)(H,29,30). The molecule has 0 aliphatic rings. The topological polar surface area (TPSA) is 171 Å². The first kappa shape index (κ1) is 29.1. The van der Waals surface area contributed by atoms with Gasteiger partial charge in [0.05, 0.1) is 12.6 Å². The SMILES string of the molecule is CCC(C)C(NC(=O)C(N)CCSC)C(=O)NC(CC(C)C)C(=O)NC(CO)C(=O)O. The summed E-state index contributed by atoms with van der Waals surface area (Å²) in [6.45, 7) is 6.62. The Hall–Kier alpha value is -1.85. The summed E-state index contributed by atoms with van der Waals surface area (Å²) in [4.78, 5) is 49.1. The minimum atomic E-state index is -1.47. The van der Waals surface area contributed by atoms with Crippen LogP contribution < -0.4 is 21.7 Å². The quantitative estimate of drug-likeness (QED) is 0.192. The van der Waals surface area contributed by atoms with Crippen LogP contribution in [-0.2, 0) is 19.2 Å². The van der Waals surface area contributed by atoms with Gasteiger partial charge in [-0.25, -0.2) is 4.79 Å². The number of hydrogen-bond donors (Lipinski definition) is 6. The number of amides is 3. The van der Waals surface area contributed by atoms with E-state index < -0.39 is 54.5 Å². The Kier molecular flexibility index (Phi) is 14.1. The molecule has 0 aliphatic carbocycles. The third-order valence-electron chi connectivity index (χ3n) is 4.90. The lowest BCUT2D eigenvalue weighted by molar-refractivity contribution is -0.143. The van der Waals surface area contributed by atoms with Gasteiger partial charge in [-0.05, 0) is 36.7 Å². The summed E-state index contributed by atoms with van der Waals surface area (Å²) in [6, 6.07) is -4.14. The highest BCUT2D eigenvalue weighted by Gasteiger charge is 2.32. The second-order valence-corrected chi connectivity index (χ2v) is 9.02. The number of nitrogens with one attached hydrogen (secondary N) is 3. The number of aliphatic hydroxyl groups is 1. The van der Waals surface area contributed by atoms with Gasteiger partial charge in [-0.2, -0.15) is 11.8 Å². The number of rotatable bonds is 15. The van der Waals surface area contributed by atoms with Gasteiger partial charge in [-0.15, -0.1) is 0 Å². The van der Waals surface area contributed by atoms with Gasteiger partial charge in [0, 0.05) is 0 Å². The zero-order valence-corrected chi connectivity index (χ0v) is 19.8. The maximum atomic E-state index is 13.0. The molecule has 7 N–H and O–H groups in total. The Balaban J connectivity index is 5.42. The number of carboxylic acids is 1. The molecular weight excluding hydrogens is 424 g/mol. The average Bonchev–Trinajstić information content (AvgIpc) is 2.71. The van der Waals surface area contributed by atoms with E-state index in [1.165, 1.54) is 0 Å². The summed E-state index contributed by atoms with van der Waals surface area (Å²) in [6.07, 6.45) is 3.23. The highest BCUT2D eigenvalue weighted by Crippen LogP contribution is 2.12. The van der Waals surface area contributed by atoms with E-state index in [4.69, 9.17) is 15.9 Å². The van der Waals surface area contributed by atoms with Crippen molar-refractivity contribution in [2.45, 2.75) is 71.1 Å². The number of carboxylic acid groups (broad SMARTS) is 1. The van der Waals surface area contributed by atoms with Crippen LogP contribution in [0.2, 0.25) is 0 Å². The maximum absolute atomic E-state index is 13.0. The number of carbonyl (C=O) groups is 4. The van der Waals surface area contributed by atoms with Gasteiger partial charge in [-0.1, -0.05) is 34.1 Å². The molecule has 0 fully saturated rings. The first-order valence-electron chi connectivity index (χ1n) is 10.5. The summed E-state index contributed by atoms with van der Waals surface area (Å²) in [5.41, 5.74) is 5.91. The van der Waals surface area contributed by atoms with Gasteiger partial charge >= 0.3 is 5.97 Å². The Bertz CT molecular complexity index is 604. The fraction of sp³-hybridized carbons (Fsp3) is 0.800. The van der Waals surface area contributed by atoms with E-state index >= 15 is 0 Å². The van der Waals surface area contributed by atoms with E-state index in [0.29, 0.717) is 18.6 Å². The van der Waals surface area contributed by atoms with Crippen LogP contribution >= 0.6 is 11.8 Å². The maximum Gasteiger partial charge on any atom is 0.328 e. The number of aliphatic hydroxyl groups excluding tert-OH is 1. The first-order chi connectivity index (χ1) is 14.5. The number of thioether (sulfide) groups is 1.